The van der Waals surface area contributed by atoms with E-state index < -0.39 is 0 Å². The van der Waals surface area contributed by atoms with E-state index in [4.69, 9.17) is 0 Å². The third-order valence-electron chi connectivity index (χ3n) is 4.23. The number of hydrogen-bond acceptors (Lipinski definition) is 5. The number of anilines is 1. The number of pyridine rings is 1. The van der Waals surface area contributed by atoms with Crippen LogP contribution in [0.25, 0.3) is 16.8 Å². The van der Waals surface area contributed by atoms with Crippen molar-refractivity contribution in [1.82, 2.24) is 24.5 Å². The molecule has 23 heavy (non-hydrogen) atoms. The van der Waals surface area contributed by atoms with Gasteiger partial charge >= 0.3 is 0 Å². The smallest absolute Gasteiger partial charge is 0.155 e. The van der Waals surface area contributed by atoms with Gasteiger partial charge in [-0.3, -0.25) is 0 Å². The molecule has 0 spiro atoms. The van der Waals surface area contributed by atoms with Crippen LogP contribution in [0.3, 0.4) is 0 Å². The van der Waals surface area contributed by atoms with Crippen LogP contribution in [-0.2, 0) is 0 Å². The maximum Gasteiger partial charge on any atom is 0.155 e. The molecule has 1 saturated heterocycles. The lowest BCUT2D eigenvalue weighted by Crippen LogP contribution is -2.44. The highest BCUT2D eigenvalue weighted by Gasteiger charge is 2.15. The van der Waals surface area contributed by atoms with E-state index in [9.17, 15) is 0 Å². The highest BCUT2D eigenvalue weighted by molar-refractivity contribution is 9.10. The van der Waals surface area contributed by atoms with Crippen LogP contribution in [0.1, 0.15) is 0 Å². The molecule has 0 saturated carbocycles. The fourth-order valence-electron chi connectivity index (χ4n) is 2.78. The lowest BCUT2D eigenvalue weighted by atomic mass is 10.1. The molecule has 0 unspecified atom stereocenters. The normalized spacial score (nSPS) is 16.2. The number of fused-ring (bicyclic) bond motifs is 1. The first-order valence-corrected chi connectivity index (χ1v) is 8.39. The Balaban J connectivity index is 1.59. The van der Waals surface area contributed by atoms with Gasteiger partial charge in [-0.05, 0) is 41.2 Å². The van der Waals surface area contributed by atoms with Gasteiger partial charge in [-0.2, -0.15) is 5.10 Å². The van der Waals surface area contributed by atoms with Crippen LogP contribution in [0.2, 0.25) is 0 Å². The van der Waals surface area contributed by atoms with Crippen molar-refractivity contribution < 1.29 is 0 Å². The highest BCUT2D eigenvalue weighted by atomic mass is 79.9. The number of rotatable bonds is 2. The first kappa shape index (κ1) is 14.6. The van der Waals surface area contributed by atoms with Crippen LogP contribution < -0.4 is 4.90 Å². The SMILES string of the molecule is CN1CCN(c2ccc(-c3cnn4c(Br)cnc4c3)cn2)CC1. The van der Waals surface area contributed by atoms with Crippen LogP contribution in [0.5, 0.6) is 0 Å². The van der Waals surface area contributed by atoms with Crippen LogP contribution in [-0.4, -0.2) is 57.7 Å². The van der Waals surface area contributed by atoms with Crippen LogP contribution in [0.4, 0.5) is 5.82 Å². The first-order chi connectivity index (χ1) is 11.2. The molecule has 7 heteroatoms. The van der Waals surface area contributed by atoms with E-state index in [0.717, 1.165) is 53.4 Å². The second-order valence-electron chi connectivity index (χ2n) is 5.79. The van der Waals surface area contributed by atoms with E-state index in [1.165, 1.54) is 0 Å². The summed E-state index contributed by atoms with van der Waals surface area (Å²) in [5, 5.41) is 4.40. The summed E-state index contributed by atoms with van der Waals surface area (Å²) in [7, 11) is 2.16. The Hall–Kier alpha value is -1.99. The Labute approximate surface area is 142 Å². The largest absolute Gasteiger partial charge is 0.354 e. The average molecular weight is 373 g/mol. The molecule has 3 aromatic rings. The number of piperazine rings is 1. The van der Waals surface area contributed by atoms with E-state index >= 15 is 0 Å². The third-order valence-corrected chi connectivity index (χ3v) is 4.77. The van der Waals surface area contributed by atoms with E-state index in [-0.39, 0.29) is 0 Å². The van der Waals surface area contributed by atoms with Crippen molar-refractivity contribution in [2.45, 2.75) is 0 Å². The van der Waals surface area contributed by atoms with Crippen LogP contribution >= 0.6 is 15.9 Å². The van der Waals surface area contributed by atoms with Gasteiger partial charge < -0.3 is 9.80 Å². The first-order valence-electron chi connectivity index (χ1n) is 7.60. The number of aromatic nitrogens is 4. The molecule has 0 bridgehead atoms. The van der Waals surface area contributed by atoms with Gasteiger partial charge in [0.15, 0.2) is 5.65 Å². The van der Waals surface area contributed by atoms with Gasteiger partial charge in [-0.25, -0.2) is 14.5 Å². The molecule has 1 aliphatic heterocycles. The second-order valence-corrected chi connectivity index (χ2v) is 6.60. The lowest BCUT2D eigenvalue weighted by Gasteiger charge is -2.33. The fraction of sp³-hybridized carbons (Fsp3) is 0.312. The van der Waals surface area contributed by atoms with E-state index in [2.05, 4.69) is 60.0 Å². The summed E-state index contributed by atoms with van der Waals surface area (Å²) in [4.78, 5) is 13.6. The number of nitrogens with zero attached hydrogens (tertiary/aromatic N) is 6. The molecule has 1 fully saturated rings. The minimum Gasteiger partial charge on any atom is -0.354 e. The van der Waals surface area contributed by atoms with Gasteiger partial charge in [-0.1, -0.05) is 0 Å². The van der Waals surface area contributed by atoms with Crippen molar-refractivity contribution in [3.8, 4) is 11.1 Å². The summed E-state index contributed by atoms with van der Waals surface area (Å²) >= 11 is 3.42. The number of hydrogen-bond donors (Lipinski definition) is 0. The molecule has 3 aromatic heterocycles. The summed E-state index contributed by atoms with van der Waals surface area (Å²) < 4.78 is 2.61. The van der Waals surface area contributed by atoms with Crippen molar-refractivity contribution in [1.29, 1.82) is 0 Å². The third kappa shape index (κ3) is 2.82. The molecule has 4 heterocycles. The van der Waals surface area contributed by atoms with Crippen molar-refractivity contribution >= 4 is 27.4 Å². The van der Waals surface area contributed by atoms with Gasteiger partial charge in [0.05, 0.1) is 12.4 Å². The van der Waals surface area contributed by atoms with Gasteiger partial charge in [0.25, 0.3) is 0 Å². The Morgan fingerprint density at radius 1 is 0.957 bits per heavy atom. The van der Waals surface area contributed by atoms with Crippen molar-refractivity contribution in [2.75, 3.05) is 38.1 Å². The molecule has 0 N–H and O–H groups in total. The second kappa shape index (κ2) is 5.90. The summed E-state index contributed by atoms with van der Waals surface area (Å²) in [6, 6.07) is 6.21. The summed E-state index contributed by atoms with van der Waals surface area (Å²) in [6.07, 6.45) is 5.51. The maximum absolute atomic E-state index is 4.63. The molecule has 0 amide bonds. The number of imidazole rings is 1. The summed E-state index contributed by atoms with van der Waals surface area (Å²) in [5.41, 5.74) is 2.89. The van der Waals surface area contributed by atoms with Gasteiger partial charge in [0.2, 0.25) is 0 Å². The topological polar surface area (TPSA) is 49.6 Å². The van der Waals surface area contributed by atoms with Crippen LogP contribution in [0.15, 0.2) is 41.4 Å². The molecule has 1 aliphatic rings. The average Bonchev–Trinajstić information content (AvgIpc) is 2.96. The lowest BCUT2D eigenvalue weighted by molar-refractivity contribution is 0.312. The van der Waals surface area contributed by atoms with Gasteiger partial charge in [-0.15, -0.1) is 0 Å². The van der Waals surface area contributed by atoms with Crippen molar-refractivity contribution in [3.05, 3.63) is 41.4 Å². The zero-order valence-electron chi connectivity index (χ0n) is 12.9. The Morgan fingerprint density at radius 2 is 1.78 bits per heavy atom. The van der Waals surface area contributed by atoms with Gasteiger partial charge in [0, 0.05) is 43.5 Å². The molecule has 0 atom stereocenters. The van der Waals surface area contributed by atoms with E-state index in [1.807, 2.05) is 18.5 Å². The highest BCUT2D eigenvalue weighted by Crippen LogP contribution is 2.23. The molecular formula is C16H17BrN6. The zero-order valence-corrected chi connectivity index (χ0v) is 14.4. The standard InChI is InChI=1S/C16H17BrN6/c1-21-4-6-22(7-5-21)15-3-2-12(9-18-15)13-8-16-19-11-14(17)23(16)20-10-13/h2-3,8-11H,4-7H2,1H3. The van der Waals surface area contributed by atoms with E-state index in [0.29, 0.717) is 0 Å². The monoisotopic (exact) mass is 372 g/mol. The molecule has 0 aromatic carbocycles. The predicted octanol–water partition coefficient (Wildman–Crippen LogP) is 2.31. The van der Waals surface area contributed by atoms with Gasteiger partial charge in [0.1, 0.15) is 10.4 Å². The Morgan fingerprint density at radius 3 is 2.52 bits per heavy atom. The summed E-state index contributed by atoms with van der Waals surface area (Å²) in [5.74, 6) is 1.04. The molecular weight excluding hydrogens is 356 g/mol. The minimum absolute atomic E-state index is 0.817. The molecule has 0 radical (unpaired) electrons. The molecule has 4 rings (SSSR count). The number of likely N-dealkylation sites (N-methyl/N-ethyl adjacent to an activating group) is 1. The molecule has 0 aliphatic carbocycles. The zero-order chi connectivity index (χ0) is 15.8. The quantitative estimate of drug-likeness (QED) is 0.690. The van der Waals surface area contributed by atoms with E-state index in [1.54, 1.807) is 10.7 Å². The van der Waals surface area contributed by atoms with Crippen molar-refractivity contribution in [2.24, 2.45) is 0 Å². The number of halogens is 1. The molecule has 6 nitrogen and oxygen atoms in total. The summed E-state index contributed by atoms with van der Waals surface area (Å²) in [6.45, 7) is 4.22. The Kier molecular flexibility index (Phi) is 3.74. The molecule has 118 valence electrons. The Bertz CT molecular complexity index is 820. The van der Waals surface area contributed by atoms with Crippen molar-refractivity contribution in [3.63, 3.8) is 0 Å². The minimum atomic E-state index is 0.817. The van der Waals surface area contributed by atoms with Crippen LogP contribution in [0, 0.1) is 0 Å². The predicted molar refractivity (Wildman–Crippen MR) is 93.6 cm³/mol. The fourth-order valence-corrected chi connectivity index (χ4v) is 3.16. The maximum atomic E-state index is 4.63.